The molecule has 0 aromatic rings. The van der Waals surface area contributed by atoms with Crippen molar-refractivity contribution in [3.05, 3.63) is 11.6 Å². The molecule has 0 bridgehead atoms. The van der Waals surface area contributed by atoms with Gasteiger partial charge in [0, 0.05) is 6.04 Å². The van der Waals surface area contributed by atoms with Gasteiger partial charge in [-0.15, -0.1) is 0 Å². The summed E-state index contributed by atoms with van der Waals surface area (Å²) in [6.07, 6.45) is 7.65. The van der Waals surface area contributed by atoms with E-state index in [1.807, 2.05) is 0 Å². The molecule has 0 saturated carbocycles. The number of hydrogen-bond donors (Lipinski definition) is 1. The van der Waals surface area contributed by atoms with E-state index in [2.05, 4.69) is 39.1 Å². The van der Waals surface area contributed by atoms with Gasteiger partial charge in [0.2, 0.25) is 0 Å². The third-order valence-electron chi connectivity index (χ3n) is 2.08. The number of nitrogens with one attached hydrogen (secondary N) is 1. The Bertz CT molecular complexity index is 134. The van der Waals surface area contributed by atoms with Gasteiger partial charge in [-0.25, -0.2) is 0 Å². The van der Waals surface area contributed by atoms with Crippen LogP contribution in [0.25, 0.3) is 0 Å². The normalized spacial score (nSPS) is 12.6. The van der Waals surface area contributed by atoms with Crippen molar-refractivity contribution in [3.63, 3.8) is 0 Å². The van der Waals surface area contributed by atoms with E-state index in [0.29, 0.717) is 6.04 Å². The van der Waals surface area contributed by atoms with Gasteiger partial charge in [-0.2, -0.15) is 0 Å². The van der Waals surface area contributed by atoms with Gasteiger partial charge in [0.1, 0.15) is 0 Å². The van der Waals surface area contributed by atoms with Crippen LogP contribution in [0.2, 0.25) is 0 Å². The molecule has 1 heteroatoms. The molecule has 13 heavy (non-hydrogen) atoms. The molecule has 1 N–H and O–H groups in total. The molecule has 0 amide bonds. The summed E-state index contributed by atoms with van der Waals surface area (Å²) in [7, 11) is 0. The zero-order valence-corrected chi connectivity index (χ0v) is 9.69. The zero-order valence-electron chi connectivity index (χ0n) is 9.69. The van der Waals surface area contributed by atoms with Crippen LogP contribution >= 0.6 is 0 Å². The number of allylic oxidation sites excluding steroid dienone is 1. The average molecular weight is 183 g/mol. The summed E-state index contributed by atoms with van der Waals surface area (Å²) in [5.41, 5.74) is 1.40. The van der Waals surface area contributed by atoms with Crippen LogP contribution in [0.15, 0.2) is 11.6 Å². The Labute approximate surface area is 83.6 Å². The van der Waals surface area contributed by atoms with E-state index in [-0.39, 0.29) is 0 Å². The molecule has 0 radical (unpaired) electrons. The van der Waals surface area contributed by atoms with E-state index in [1.165, 1.54) is 31.3 Å². The molecule has 1 unspecified atom stereocenters. The summed E-state index contributed by atoms with van der Waals surface area (Å²) in [5.74, 6) is 0. The Morgan fingerprint density at radius 3 is 2.46 bits per heavy atom. The standard InChI is InChI=1S/C12H25N/c1-5-6-7-8-9-13-12(4)10-11(2)3/h10,12-13H,5-9H2,1-4H3. The third kappa shape index (κ3) is 9.62. The van der Waals surface area contributed by atoms with Gasteiger partial charge >= 0.3 is 0 Å². The first-order valence-electron chi connectivity index (χ1n) is 5.55. The summed E-state index contributed by atoms with van der Waals surface area (Å²) in [6.45, 7) is 9.92. The fourth-order valence-electron chi connectivity index (χ4n) is 1.44. The second-order valence-electron chi connectivity index (χ2n) is 4.05. The third-order valence-corrected chi connectivity index (χ3v) is 2.08. The van der Waals surface area contributed by atoms with Crippen molar-refractivity contribution in [1.82, 2.24) is 5.32 Å². The van der Waals surface area contributed by atoms with Crippen molar-refractivity contribution in [2.24, 2.45) is 0 Å². The van der Waals surface area contributed by atoms with Crippen molar-refractivity contribution in [1.29, 1.82) is 0 Å². The van der Waals surface area contributed by atoms with Crippen LogP contribution in [0.4, 0.5) is 0 Å². The summed E-state index contributed by atoms with van der Waals surface area (Å²) in [5, 5.41) is 3.50. The fraction of sp³-hybridized carbons (Fsp3) is 0.833. The van der Waals surface area contributed by atoms with Crippen LogP contribution in [0, 0.1) is 0 Å². The minimum absolute atomic E-state index is 0.534. The van der Waals surface area contributed by atoms with Gasteiger partial charge in [-0.05, 0) is 33.7 Å². The predicted molar refractivity (Wildman–Crippen MR) is 61.0 cm³/mol. The fourth-order valence-corrected chi connectivity index (χ4v) is 1.44. The number of hydrogen-bond acceptors (Lipinski definition) is 1. The van der Waals surface area contributed by atoms with Gasteiger partial charge in [-0.3, -0.25) is 0 Å². The molecule has 0 aromatic carbocycles. The first-order valence-corrected chi connectivity index (χ1v) is 5.55. The van der Waals surface area contributed by atoms with Crippen molar-refractivity contribution in [2.45, 2.75) is 59.4 Å². The molecule has 0 aromatic heterocycles. The highest BCUT2D eigenvalue weighted by molar-refractivity contribution is 4.99. The molecule has 0 aliphatic carbocycles. The molecule has 0 heterocycles. The molecule has 0 aliphatic heterocycles. The zero-order chi connectivity index (χ0) is 10.1. The summed E-state index contributed by atoms with van der Waals surface area (Å²) in [4.78, 5) is 0. The Morgan fingerprint density at radius 1 is 1.23 bits per heavy atom. The molecule has 0 aliphatic rings. The van der Waals surface area contributed by atoms with Crippen LogP contribution in [0.1, 0.15) is 53.4 Å². The summed E-state index contributed by atoms with van der Waals surface area (Å²) < 4.78 is 0. The van der Waals surface area contributed by atoms with Gasteiger partial charge in [0.15, 0.2) is 0 Å². The Kier molecular flexibility index (Phi) is 8.11. The lowest BCUT2D eigenvalue weighted by atomic mass is 10.2. The molecule has 1 atom stereocenters. The highest BCUT2D eigenvalue weighted by atomic mass is 14.9. The van der Waals surface area contributed by atoms with Gasteiger partial charge in [0.25, 0.3) is 0 Å². The second-order valence-corrected chi connectivity index (χ2v) is 4.05. The Morgan fingerprint density at radius 2 is 1.92 bits per heavy atom. The maximum Gasteiger partial charge on any atom is 0.0224 e. The van der Waals surface area contributed by atoms with Gasteiger partial charge in [-0.1, -0.05) is 37.8 Å². The van der Waals surface area contributed by atoms with Crippen molar-refractivity contribution < 1.29 is 0 Å². The largest absolute Gasteiger partial charge is 0.311 e. The molecule has 0 spiro atoms. The van der Waals surface area contributed by atoms with Crippen LogP contribution in [-0.2, 0) is 0 Å². The maximum absolute atomic E-state index is 3.50. The lowest BCUT2D eigenvalue weighted by Crippen LogP contribution is -2.25. The molecule has 1 nitrogen and oxygen atoms in total. The Balaban J connectivity index is 3.27. The van der Waals surface area contributed by atoms with E-state index in [1.54, 1.807) is 0 Å². The van der Waals surface area contributed by atoms with Crippen molar-refractivity contribution in [2.75, 3.05) is 6.54 Å². The smallest absolute Gasteiger partial charge is 0.0224 e. The van der Waals surface area contributed by atoms with E-state index in [4.69, 9.17) is 0 Å². The molecule has 0 fully saturated rings. The van der Waals surface area contributed by atoms with E-state index >= 15 is 0 Å². The summed E-state index contributed by atoms with van der Waals surface area (Å²) in [6, 6.07) is 0.534. The molecular formula is C12H25N. The minimum Gasteiger partial charge on any atom is -0.311 e. The first-order chi connectivity index (χ1) is 6.16. The highest BCUT2D eigenvalue weighted by Gasteiger charge is 1.95. The molecule has 0 rings (SSSR count). The molecular weight excluding hydrogens is 158 g/mol. The van der Waals surface area contributed by atoms with Crippen LogP contribution in [-0.4, -0.2) is 12.6 Å². The monoisotopic (exact) mass is 183 g/mol. The van der Waals surface area contributed by atoms with E-state index in [9.17, 15) is 0 Å². The highest BCUT2D eigenvalue weighted by Crippen LogP contribution is 1.98. The topological polar surface area (TPSA) is 12.0 Å². The first kappa shape index (κ1) is 12.7. The van der Waals surface area contributed by atoms with Crippen LogP contribution in [0.3, 0.4) is 0 Å². The quantitative estimate of drug-likeness (QED) is 0.470. The van der Waals surface area contributed by atoms with Crippen molar-refractivity contribution >= 4 is 0 Å². The van der Waals surface area contributed by atoms with Crippen molar-refractivity contribution in [3.8, 4) is 0 Å². The predicted octanol–water partition coefficient (Wildman–Crippen LogP) is 3.51. The average Bonchev–Trinajstić information content (AvgIpc) is 2.02. The molecule has 0 saturated heterocycles. The number of rotatable bonds is 7. The second kappa shape index (κ2) is 8.31. The van der Waals surface area contributed by atoms with E-state index in [0.717, 1.165) is 6.54 Å². The van der Waals surface area contributed by atoms with Gasteiger partial charge < -0.3 is 5.32 Å². The van der Waals surface area contributed by atoms with Crippen LogP contribution < -0.4 is 5.32 Å². The van der Waals surface area contributed by atoms with Gasteiger partial charge in [0.05, 0.1) is 0 Å². The molecule has 78 valence electrons. The lowest BCUT2D eigenvalue weighted by molar-refractivity contribution is 0.570. The SMILES string of the molecule is CCCCCCNC(C)C=C(C)C. The minimum atomic E-state index is 0.534. The Hall–Kier alpha value is -0.300. The number of unbranched alkanes of at least 4 members (excludes halogenated alkanes) is 3. The maximum atomic E-state index is 3.50. The van der Waals surface area contributed by atoms with Crippen LogP contribution in [0.5, 0.6) is 0 Å². The lowest BCUT2D eigenvalue weighted by Gasteiger charge is -2.09. The van der Waals surface area contributed by atoms with E-state index < -0.39 is 0 Å². The summed E-state index contributed by atoms with van der Waals surface area (Å²) >= 11 is 0.